The van der Waals surface area contributed by atoms with Crippen LogP contribution in [0.3, 0.4) is 0 Å². The lowest BCUT2D eigenvalue weighted by Gasteiger charge is -2.12. The highest BCUT2D eigenvalue weighted by atomic mass is 79.9. The average Bonchev–Trinajstić information content (AvgIpc) is 2.28. The van der Waals surface area contributed by atoms with Gasteiger partial charge in [-0.3, -0.25) is 0 Å². The van der Waals surface area contributed by atoms with Gasteiger partial charge < -0.3 is 10.6 Å². The summed E-state index contributed by atoms with van der Waals surface area (Å²) < 4.78 is 13.7. The van der Waals surface area contributed by atoms with Crippen molar-refractivity contribution in [2.24, 2.45) is 0 Å². The van der Waals surface area contributed by atoms with E-state index in [1.807, 2.05) is 0 Å². The molecule has 0 saturated carbocycles. The molecule has 1 aliphatic rings. The predicted molar refractivity (Wildman–Crippen MR) is 60.3 cm³/mol. The standard InChI is InChI=1S/C10H12BrFN2/c1-6-2-3-13-9-5-8(12)7(11)4-10(9)14-6/h4-6,13-14H,2-3H2,1H3. The highest BCUT2D eigenvalue weighted by Gasteiger charge is 2.13. The maximum absolute atomic E-state index is 13.2. The Labute approximate surface area is 91.0 Å². The molecule has 1 aliphatic heterocycles. The molecule has 14 heavy (non-hydrogen) atoms. The van der Waals surface area contributed by atoms with Crippen molar-refractivity contribution >= 4 is 27.3 Å². The molecule has 2 N–H and O–H groups in total. The van der Waals surface area contributed by atoms with Gasteiger partial charge in [-0.15, -0.1) is 0 Å². The van der Waals surface area contributed by atoms with Crippen molar-refractivity contribution in [3.63, 3.8) is 0 Å². The number of benzene rings is 1. The first-order valence-corrected chi connectivity index (χ1v) is 5.45. The first-order valence-electron chi connectivity index (χ1n) is 4.66. The first kappa shape index (κ1) is 9.77. The molecule has 2 nitrogen and oxygen atoms in total. The zero-order valence-corrected chi connectivity index (χ0v) is 9.49. The van der Waals surface area contributed by atoms with Gasteiger partial charge in [-0.2, -0.15) is 0 Å². The van der Waals surface area contributed by atoms with Gasteiger partial charge in [0, 0.05) is 18.7 Å². The summed E-state index contributed by atoms with van der Waals surface area (Å²) in [7, 11) is 0. The van der Waals surface area contributed by atoms with Crippen molar-refractivity contribution in [3.8, 4) is 0 Å². The van der Waals surface area contributed by atoms with Crippen LogP contribution in [0.2, 0.25) is 0 Å². The number of halogens is 2. The van der Waals surface area contributed by atoms with Crippen LogP contribution >= 0.6 is 15.9 Å². The summed E-state index contributed by atoms with van der Waals surface area (Å²) in [5, 5.41) is 6.53. The van der Waals surface area contributed by atoms with Gasteiger partial charge in [0.2, 0.25) is 0 Å². The van der Waals surface area contributed by atoms with E-state index in [9.17, 15) is 4.39 Å². The normalized spacial score (nSPS) is 20.4. The smallest absolute Gasteiger partial charge is 0.139 e. The summed E-state index contributed by atoms with van der Waals surface area (Å²) in [6.45, 7) is 3.00. The van der Waals surface area contributed by atoms with Crippen LogP contribution < -0.4 is 10.6 Å². The quantitative estimate of drug-likeness (QED) is 0.747. The topological polar surface area (TPSA) is 24.1 Å². The number of fused-ring (bicyclic) bond motifs is 1. The summed E-state index contributed by atoms with van der Waals surface area (Å²) in [5.41, 5.74) is 1.80. The van der Waals surface area contributed by atoms with Gasteiger partial charge in [-0.1, -0.05) is 0 Å². The van der Waals surface area contributed by atoms with Crippen LogP contribution in [0.1, 0.15) is 13.3 Å². The summed E-state index contributed by atoms with van der Waals surface area (Å²) in [5.74, 6) is -0.229. The van der Waals surface area contributed by atoms with Gasteiger partial charge in [-0.25, -0.2) is 4.39 Å². The number of hydrogen-bond acceptors (Lipinski definition) is 2. The molecule has 1 aromatic rings. The zero-order chi connectivity index (χ0) is 10.1. The zero-order valence-electron chi connectivity index (χ0n) is 7.90. The highest BCUT2D eigenvalue weighted by Crippen LogP contribution is 2.31. The molecule has 0 bridgehead atoms. The summed E-state index contributed by atoms with van der Waals surface area (Å²) in [6, 6.07) is 3.71. The fraction of sp³-hybridized carbons (Fsp3) is 0.400. The van der Waals surface area contributed by atoms with Crippen LogP contribution in [0, 0.1) is 5.82 Å². The molecule has 1 aromatic carbocycles. The van der Waals surface area contributed by atoms with Gasteiger partial charge in [0.1, 0.15) is 5.82 Å². The Bertz CT molecular complexity index is 354. The lowest BCUT2D eigenvalue weighted by atomic mass is 10.2. The molecule has 0 radical (unpaired) electrons. The molecule has 0 aliphatic carbocycles. The van der Waals surface area contributed by atoms with Crippen molar-refractivity contribution in [2.45, 2.75) is 19.4 Å². The van der Waals surface area contributed by atoms with Gasteiger partial charge >= 0.3 is 0 Å². The Balaban J connectivity index is 2.41. The van der Waals surface area contributed by atoms with E-state index in [4.69, 9.17) is 0 Å². The van der Waals surface area contributed by atoms with Crippen molar-refractivity contribution in [1.82, 2.24) is 0 Å². The number of hydrogen-bond donors (Lipinski definition) is 2. The predicted octanol–water partition coefficient (Wildman–Crippen LogP) is 3.20. The molecule has 0 fully saturated rings. The molecule has 4 heteroatoms. The molecular weight excluding hydrogens is 247 g/mol. The monoisotopic (exact) mass is 258 g/mol. The second-order valence-electron chi connectivity index (χ2n) is 3.57. The Morgan fingerprint density at radius 1 is 1.43 bits per heavy atom. The maximum Gasteiger partial charge on any atom is 0.139 e. The largest absolute Gasteiger partial charge is 0.383 e. The second-order valence-corrected chi connectivity index (χ2v) is 4.43. The van der Waals surface area contributed by atoms with Crippen LogP contribution in [-0.4, -0.2) is 12.6 Å². The van der Waals surface area contributed by atoms with E-state index in [2.05, 4.69) is 33.5 Å². The molecule has 0 aromatic heterocycles. The van der Waals surface area contributed by atoms with E-state index in [1.165, 1.54) is 6.07 Å². The average molecular weight is 259 g/mol. The van der Waals surface area contributed by atoms with E-state index < -0.39 is 0 Å². The third-order valence-electron chi connectivity index (χ3n) is 2.36. The fourth-order valence-electron chi connectivity index (χ4n) is 1.57. The van der Waals surface area contributed by atoms with Crippen molar-refractivity contribution in [1.29, 1.82) is 0 Å². The molecule has 1 heterocycles. The molecule has 0 saturated heterocycles. The van der Waals surface area contributed by atoms with Crippen LogP contribution in [0.15, 0.2) is 16.6 Å². The van der Waals surface area contributed by atoms with Gasteiger partial charge in [-0.05, 0) is 35.3 Å². The Morgan fingerprint density at radius 3 is 3.00 bits per heavy atom. The van der Waals surface area contributed by atoms with Crippen LogP contribution in [-0.2, 0) is 0 Å². The van der Waals surface area contributed by atoms with Crippen LogP contribution in [0.25, 0.3) is 0 Å². The van der Waals surface area contributed by atoms with E-state index in [-0.39, 0.29) is 5.82 Å². The molecule has 76 valence electrons. The summed E-state index contributed by atoms with van der Waals surface area (Å²) in [4.78, 5) is 0. The minimum Gasteiger partial charge on any atom is -0.383 e. The summed E-state index contributed by atoms with van der Waals surface area (Å²) >= 11 is 3.18. The van der Waals surface area contributed by atoms with Crippen LogP contribution in [0.4, 0.5) is 15.8 Å². The SMILES string of the molecule is CC1CCNc2cc(F)c(Br)cc2N1. The Kier molecular flexibility index (Phi) is 2.63. The number of nitrogens with one attached hydrogen (secondary N) is 2. The van der Waals surface area contributed by atoms with Gasteiger partial charge in [0.15, 0.2) is 0 Å². The third-order valence-corrected chi connectivity index (χ3v) is 2.96. The van der Waals surface area contributed by atoms with E-state index in [0.717, 1.165) is 24.3 Å². The van der Waals surface area contributed by atoms with Gasteiger partial charge in [0.25, 0.3) is 0 Å². The minimum atomic E-state index is -0.229. The van der Waals surface area contributed by atoms with E-state index in [1.54, 1.807) is 6.07 Å². The molecule has 1 unspecified atom stereocenters. The van der Waals surface area contributed by atoms with Crippen LogP contribution in [0.5, 0.6) is 0 Å². The maximum atomic E-state index is 13.2. The number of rotatable bonds is 0. The second kappa shape index (κ2) is 3.77. The Hall–Kier alpha value is -0.770. The van der Waals surface area contributed by atoms with E-state index in [0.29, 0.717) is 10.5 Å². The lowest BCUT2D eigenvalue weighted by Crippen LogP contribution is -2.14. The minimum absolute atomic E-state index is 0.229. The van der Waals surface area contributed by atoms with Gasteiger partial charge in [0.05, 0.1) is 15.8 Å². The molecule has 1 atom stereocenters. The van der Waals surface area contributed by atoms with Crippen molar-refractivity contribution in [3.05, 3.63) is 22.4 Å². The van der Waals surface area contributed by atoms with Crippen molar-refractivity contribution in [2.75, 3.05) is 17.2 Å². The third kappa shape index (κ3) is 1.85. The first-order chi connectivity index (χ1) is 6.66. The highest BCUT2D eigenvalue weighted by molar-refractivity contribution is 9.10. The molecule has 2 rings (SSSR count). The van der Waals surface area contributed by atoms with E-state index >= 15 is 0 Å². The number of anilines is 2. The fourth-order valence-corrected chi connectivity index (χ4v) is 1.92. The molecule has 0 spiro atoms. The van der Waals surface area contributed by atoms with Crippen molar-refractivity contribution < 1.29 is 4.39 Å². The Morgan fingerprint density at radius 2 is 2.21 bits per heavy atom. The molecular formula is C10H12BrFN2. The lowest BCUT2D eigenvalue weighted by molar-refractivity contribution is 0.622. The molecule has 0 amide bonds. The summed E-state index contributed by atoms with van der Waals surface area (Å²) in [6.07, 6.45) is 1.04.